The van der Waals surface area contributed by atoms with Gasteiger partial charge in [0.05, 0.1) is 5.51 Å². The minimum atomic E-state index is 0.384. The highest BCUT2D eigenvalue weighted by atomic mass is 35.5. The van der Waals surface area contributed by atoms with Crippen LogP contribution in [0.15, 0.2) is 11.7 Å². The van der Waals surface area contributed by atoms with Crippen LogP contribution in [-0.4, -0.2) is 10.4 Å². The van der Waals surface area contributed by atoms with Gasteiger partial charge in [0.25, 0.3) is 0 Å². The van der Waals surface area contributed by atoms with Gasteiger partial charge in [-0.3, -0.25) is 4.98 Å². The number of aromatic nitrogens is 1. The summed E-state index contributed by atoms with van der Waals surface area (Å²) in [6.07, 6.45) is 8.26. The molecule has 0 N–H and O–H groups in total. The first-order valence-electron chi connectivity index (χ1n) is 5.81. The number of rotatable bonds is 3. The average Bonchev–Trinajstić information content (AvgIpc) is 2.74. The van der Waals surface area contributed by atoms with Crippen molar-refractivity contribution >= 4 is 22.9 Å². The van der Waals surface area contributed by atoms with E-state index < -0.39 is 0 Å². The Kier molecular flexibility index (Phi) is 4.04. The fraction of sp³-hybridized carbons (Fsp3) is 0.750. The van der Waals surface area contributed by atoms with Gasteiger partial charge in [-0.15, -0.1) is 22.9 Å². The molecule has 3 heteroatoms. The number of alkyl halides is 1. The van der Waals surface area contributed by atoms with Crippen molar-refractivity contribution in [3.05, 3.63) is 16.6 Å². The van der Waals surface area contributed by atoms with Crippen LogP contribution in [0.4, 0.5) is 0 Å². The van der Waals surface area contributed by atoms with Gasteiger partial charge in [-0.05, 0) is 37.5 Å². The number of hydrogen-bond donors (Lipinski definition) is 0. The molecule has 0 spiro atoms. The summed E-state index contributed by atoms with van der Waals surface area (Å²) in [6.45, 7) is 2.29. The minimum Gasteiger partial charge on any atom is -0.253 e. The topological polar surface area (TPSA) is 12.9 Å². The fourth-order valence-corrected chi connectivity index (χ4v) is 3.51. The van der Waals surface area contributed by atoms with Crippen LogP contribution in [0.1, 0.15) is 37.5 Å². The molecule has 3 unspecified atom stereocenters. The SMILES string of the molecule is CCC1CCC(Cl)C(Cc2cncs2)C1. The van der Waals surface area contributed by atoms with Crippen molar-refractivity contribution in [2.24, 2.45) is 11.8 Å². The third-order valence-corrected chi connectivity index (χ3v) is 4.90. The zero-order valence-electron chi connectivity index (χ0n) is 9.16. The maximum atomic E-state index is 6.41. The minimum absolute atomic E-state index is 0.384. The normalized spacial score (nSPS) is 31.7. The van der Waals surface area contributed by atoms with E-state index in [4.69, 9.17) is 11.6 Å². The summed E-state index contributed by atoms with van der Waals surface area (Å²) in [7, 11) is 0. The standard InChI is InChI=1S/C12H18ClNS/c1-2-9-3-4-12(13)10(5-9)6-11-7-14-8-15-11/h7-10,12H,2-6H2,1H3. The summed E-state index contributed by atoms with van der Waals surface area (Å²) >= 11 is 8.16. The van der Waals surface area contributed by atoms with Gasteiger partial charge in [-0.1, -0.05) is 13.3 Å². The second-order valence-electron chi connectivity index (χ2n) is 4.54. The zero-order chi connectivity index (χ0) is 10.7. The van der Waals surface area contributed by atoms with Gasteiger partial charge in [-0.2, -0.15) is 0 Å². The Hall–Kier alpha value is -0.0800. The second kappa shape index (κ2) is 5.31. The van der Waals surface area contributed by atoms with E-state index in [0.717, 1.165) is 12.3 Å². The molecule has 1 aromatic rings. The van der Waals surface area contributed by atoms with E-state index in [1.165, 1.54) is 30.6 Å². The molecule has 1 saturated carbocycles. The van der Waals surface area contributed by atoms with Crippen LogP contribution in [0.5, 0.6) is 0 Å². The molecule has 0 aromatic carbocycles. The van der Waals surface area contributed by atoms with E-state index >= 15 is 0 Å². The van der Waals surface area contributed by atoms with Crippen LogP contribution in [0.2, 0.25) is 0 Å². The highest BCUT2D eigenvalue weighted by Crippen LogP contribution is 2.36. The van der Waals surface area contributed by atoms with Crippen molar-refractivity contribution in [2.75, 3.05) is 0 Å². The Morgan fingerprint density at radius 1 is 1.53 bits per heavy atom. The van der Waals surface area contributed by atoms with Crippen LogP contribution < -0.4 is 0 Å². The lowest BCUT2D eigenvalue weighted by Crippen LogP contribution is -2.26. The predicted molar refractivity (Wildman–Crippen MR) is 66.6 cm³/mol. The van der Waals surface area contributed by atoms with Gasteiger partial charge in [0.1, 0.15) is 0 Å². The number of hydrogen-bond acceptors (Lipinski definition) is 2. The Balaban J connectivity index is 1.94. The van der Waals surface area contributed by atoms with Gasteiger partial charge in [0.2, 0.25) is 0 Å². The molecule has 0 amide bonds. The zero-order valence-corrected chi connectivity index (χ0v) is 10.7. The van der Waals surface area contributed by atoms with Gasteiger partial charge in [0, 0.05) is 16.5 Å². The highest BCUT2D eigenvalue weighted by Gasteiger charge is 2.28. The van der Waals surface area contributed by atoms with Crippen molar-refractivity contribution in [3.8, 4) is 0 Å². The molecule has 0 saturated heterocycles. The van der Waals surface area contributed by atoms with Gasteiger partial charge < -0.3 is 0 Å². The number of halogens is 1. The Bertz CT molecular complexity index is 286. The largest absolute Gasteiger partial charge is 0.253 e. The number of thiazole rings is 1. The maximum absolute atomic E-state index is 6.41. The lowest BCUT2D eigenvalue weighted by atomic mass is 9.78. The van der Waals surface area contributed by atoms with Gasteiger partial charge in [-0.25, -0.2) is 0 Å². The van der Waals surface area contributed by atoms with E-state index in [-0.39, 0.29) is 0 Å². The summed E-state index contributed by atoms with van der Waals surface area (Å²) in [6, 6.07) is 0. The first-order valence-corrected chi connectivity index (χ1v) is 7.12. The molecular weight excluding hydrogens is 226 g/mol. The van der Waals surface area contributed by atoms with Crippen molar-refractivity contribution in [1.29, 1.82) is 0 Å². The van der Waals surface area contributed by atoms with Crippen LogP contribution >= 0.6 is 22.9 Å². The molecule has 0 aliphatic heterocycles. The molecule has 1 fully saturated rings. The van der Waals surface area contributed by atoms with Gasteiger partial charge in [0.15, 0.2) is 0 Å². The molecule has 1 aliphatic carbocycles. The van der Waals surface area contributed by atoms with Crippen LogP contribution in [0, 0.1) is 11.8 Å². The molecule has 1 nitrogen and oxygen atoms in total. The fourth-order valence-electron chi connectivity index (χ4n) is 2.51. The lowest BCUT2D eigenvalue weighted by Gasteiger charge is -2.32. The Morgan fingerprint density at radius 2 is 2.40 bits per heavy atom. The monoisotopic (exact) mass is 243 g/mol. The van der Waals surface area contributed by atoms with Crippen LogP contribution in [0.3, 0.4) is 0 Å². The average molecular weight is 244 g/mol. The maximum Gasteiger partial charge on any atom is 0.0794 e. The Morgan fingerprint density at radius 3 is 3.07 bits per heavy atom. The third-order valence-electron chi connectivity index (χ3n) is 3.52. The van der Waals surface area contributed by atoms with Crippen molar-refractivity contribution < 1.29 is 0 Å². The Labute approximate surface area is 101 Å². The van der Waals surface area contributed by atoms with Crippen molar-refractivity contribution in [1.82, 2.24) is 4.98 Å². The molecule has 2 rings (SSSR count). The molecule has 1 heterocycles. The molecule has 0 bridgehead atoms. The molecular formula is C12H18ClNS. The summed E-state index contributed by atoms with van der Waals surface area (Å²) < 4.78 is 0. The molecule has 15 heavy (non-hydrogen) atoms. The van der Waals surface area contributed by atoms with Crippen LogP contribution in [-0.2, 0) is 6.42 Å². The third kappa shape index (κ3) is 2.94. The molecule has 1 aromatic heterocycles. The number of nitrogens with zero attached hydrogens (tertiary/aromatic N) is 1. The summed E-state index contributed by atoms with van der Waals surface area (Å²) in [5.41, 5.74) is 1.92. The first-order chi connectivity index (χ1) is 7.29. The van der Waals surface area contributed by atoms with Crippen LogP contribution in [0.25, 0.3) is 0 Å². The molecule has 84 valence electrons. The van der Waals surface area contributed by atoms with Gasteiger partial charge >= 0.3 is 0 Å². The van der Waals surface area contributed by atoms with E-state index in [1.54, 1.807) is 11.3 Å². The van der Waals surface area contributed by atoms with E-state index in [9.17, 15) is 0 Å². The quantitative estimate of drug-likeness (QED) is 0.728. The molecule has 1 aliphatic rings. The van der Waals surface area contributed by atoms with Crippen molar-refractivity contribution in [3.63, 3.8) is 0 Å². The summed E-state index contributed by atoms with van der Waals surface area (Å²) in [4.78, 5) is 5.52. The lowest BCUT2D eigenvalue weighted by molar-refractivity contribution is 0.265. The van der Waals surface area contributed by atoms with E-state index in [0.29, 0.717) is 11.3 Å². The summed E-state index contributed by atoms with van der Waals surface area (Å²) in [5, 5.41) is 0.384. The highest BCUT2D eigenvalue weighted by molar-refractivity contribution is 7.09. The summed E-state index contributed by atoms with van der Waals surface area (Å²) in [5.74, 6) is 1.57. The van der Waals surface area contributed by atoms with E-state index in [2.05, 4.69) is 11.9 Å². The second-order valence-corrected chi connectivity index (χ2v) is 6.07. The van der Waals surface area contributed by atoms with Crippen molar-refractivity contribution in [2.45, 2.75) is 44.4 Å². The molecule has 3 atom stereocenters. The predicted octanol–water partition coefficient (Wildman–Crippen LogP) is 4.12. The van der Waals surface area contributed by atoms with E-state index in [1.807, 2.05) is 11.7 Å². The molecule has 0 radical (unpaired) electrons. The first kappa shape index (κ1) is 11.4. The smallest absolute Gasteiger partial charge is 0.0794 e.